The maximum Gasteiger partial charge on any atom is 0.253 e. The van der Waals surface area contributed by atoms with Crippen LogP contribution in [0, 0.1) is 0 Å². The van der Waals surface area contributed by atoms with Gasteiger partial charge in [0.05, 0.1) is 12.2 Å². The van der Waals surface area contributed by atoms with E-state index in [0.717, 1.165) is 10.8 Å². The van der Waals surface area contributed by atoms with Crippen LogP contribution >= 0.6 is 0 Å². The molecule has 2 aromatic carbocycles. The number of amides is 1. The Morgan fingerprint density at radius 3 is 2.50 bits per heavy atom. The monoisotopic (exact) mass is 274 g/mol. The van der Waals surface area contributed by atoms with Gasteiger partial charge in [0.25, 0.3) is 5.91 Å². The summed E-state index contributed by atoms with van der Waals surface area (Å²) in [6.45, 7) is 0.964. The molecule has 5 heteroatoms. The second kappa shape index (κ2) is 5.48. The molecule has 5 nitrogen and oxygen atoms in total. The molecule has 0 spiro atoms. The fourth-order valence-corrected chi connectivity index (χ4v) is 1.88. The first kappa shape index (κ1) is 14.3. The lowest BCUT2D eigenvalue weighted by Gasteiger charge is -2.20. The van der Waals surface area contributed by atoms with Crippen LogP contribution in [0.5, 0.6) is 0 Å². The highest BCUT2D eigenvalue weighted by atomic mass is 16.3. The van der Waals surface area contributed by atoms with Gasteiger partial charge < -0.3 is 21.3 Å². The summed E-state index contributed by atoms with van der Waals surface area (Å²) in [7, 11) is 0. The van der Waals surface area contributed by atoms with E-state index in [9.17, 15) is 9.90 Å². The number of nitrogen functional groups attached to an aromatic ring is 1. The van der Waals surface area contributed by atoms with Crippen molar-refractivity contribution in [3.63, 3.8) is 0 Å². The van der Waals surface area contributed by atoms with E-state index in [-0.39, 0.29) is 12.5 Å². The highest BCUT2D eigenvalue weighted by Crippen LogP contribution is 2.21. The maximum absolute atomic E-state index is 12.1. The van der Waals surface area contributed by atoms with Gasteiger partial charge in [-0.2, -0.15) is 0 Å². The smallest absolute Gasteiger partial charge is 0.253 e. The van der Waals surface area contributed by atoms with Crippen molar-refractivity contribution < 1.29 is 15.0 Å². The van der Waals surface area contributed by atoms with Crippen LogP contribution in [0.3, 0.4) is 0 Å². The summed E-state index contributed by atoms with van der Waals surface area (Å²) in [6, 6.07) is 11.1. The third-order valence-corrected chi connectivity index (χ3v) is 3.13. The highest BCUT2D eigenvalue weighted by Gasteiger charge is 2.21. The van der Waals surface area contributed by atoms with Gasteiger partial charge in [0.1, 0.15) is 5.60 Å². The summed E-state index contributed by atoms with van der Waals surface area (Å²) in [5.74, 6) is -0.373. The number of carbonyl (C=O) groups excluding carboxylic acids is 1. The van der Waals surface area contributed by atoms with Crippen LogP contribution in [0.15, 0.2) is 36.4 Å². The molecule has 0 saturated heterocycles. The molecule has 0 aliphatic heterocycles. The second-order valence-corrected chi connectivity index (χ2v) is 5.12. The minimum Gasteiger partial charge on any atom is -0.398 e. The van der Waals surface area contributed by atoms with E-state index in [1.54, 1.807) is 12.1 Å². The molecule has 0 aromatic heterocycles. The zero-order valence-electron chi connectivity index (χ0n) is 11.3. The Morgan fingerprint density at radius 2 is 1.90 bits per heavy atom. The predicted octanol–water partition coefficient (Wildman–Crippen LogP) is 0.895. The molecule has 5 N–H and O–H groups in total. The van der Waals surface area contributed by atoms with Crippen LogP contribution in [0.4, 0.5) is 5.69 Å². The number of nitrogens with one attached hydrogen (secondary N) is 1. The number of nitrogens with two attached hydrogens (primary N) is 1. The lowest BCUT2D eigenvalue weighted by molar-refractivity contribution is 0.00321. The van der Waals surface area contributed by atoms with Crippen LogP contribution in [-0.4, -0.2) is 34.9 Å². The standard InChI is InChI=1S/C15H18N2O3/c1-15(20,9-18)8-17-14(19)12-6-10-4-2-3-5-11(10)7-13(12)16/h2-7,18,20H,8-9,16H2,1H3,(H,17,19). The predicted molar refractivity (Wildman–Crippen MR) is 78.4 cm³/mol. The van der Waals surface area contributed by atoms with E-state index in [1.807, 2.05) is 24.3 Å². The maximum atomic E-state index is 12.1. The topological polar surface area (TPSA) is 95.6 Å². The highest BCUT2D eigenvalue weighted by molar-refractivity contribution is 6.03. The Hall–Kier alpha value is -2.11. The van der Waals surface area contributed by atoms with Crippen molar-refractivity contribution in [1.29, 1.82) is 0 Å². The Morgan fingerprint density at radius 1 is 1.30 bits per heavy atom. The first-order valence-corrected chi connectivity index (χ1v) is 6.33. The van der Waals surface area contributed by atoms with Crippen molar-refractivity contribution in [2.45, 2.75) is 12.5 Å². The summed E-state index contributed by atoms with van der Waals surface area (Å²) in [5.41, 5.74) is 5.28. The van der Waals surface area contributed by atoms with Gasteiger partial charge in [-0.15, -0.1) is 0 Å². The van der Waals surface area contributed by atoms with Crippen molar-refractivity contribution in [3.8, 4) is 0 Å². The molecule has 106 valence electrons. The number of rotatable bonds is 4. The molecule has 0 aliphatic carbocycles. The van der Waals surface area contributed by atoms with Crippen LogP contribution in [-0.2, 0) is 0 Å². The van der Waals surface area contributed by atoms with Crippen molar-refractivity contribution in [2.24, 2.45) is 0 Å². The Labute approximate surface area is 117 Å². The van der Waals surface area contributed by atoms with E-state index >= 15 is 0 Å². The molecule has 0 saturated carbocycles. The zero-order chi connectivity index (χ0) is 14.8. The summed E-state index contributed by atoms with van der Waals surface area (Å²) in [5, 5.41) is 23.1. The molecule has 1 atom stereocenters. The van der Waals surface area contributed by atoms with Gasteiger partial charge in [0, 0.05) is 12.2 Å². The second-order valence-electron chi connectivity index (χ2n) is 5.12. The van der Waals surface area contributed by atoms with Crippen LogP contribution in [0.1, 0.15) is 17.3 Å². The number of aliphatic hydroxyl groups excluding tert-OH is 1. The fraction of sp³-hybridized carbons (Fsp3) is 0.267. The van der Waals surface area contributed by atoms with Gasteiger partial charge >= 0.3 is 0 Å². The summed E-state index contributed by atoms with van der Waals surface area (Å²) in [4.78, 5) is 12.1. The summed E-state index contributed by atoms with van der Waals surface area (Å²) < 4.78 is 0. The van der Waals surface area contributed by atoms with Gasteiger partial charge in [-0.1, -0.05) is 24.3 Å². The molecule has 2 rings (SSSR count). The van der Waals surface area contributed by atoms with Crippen molar-refractivity contribution >= 4 is 22.4 Å². The quantitative estimate of drug-likeness (QED) is 0.623. The summed E-state index contributed by atoms with van der Waals surface area (Å²) >= 11 is 0. The Balaban J connectivity index is 2.24. The molecule has 0 aliphatic rings. The van der Waals surface area contributed by atoms with Gasteiger partial charge in [0.2, 0.25) is 0 Å². The molecule has 2 aromatic rings. The van der Waals surface area contributed by atoms with Gasteiger partial charge in [-0.3, -0.25) is 4.79 Å². The minimum absolute atomic E-state index is 0.0470. The third-order valence-electron chi connectivity index (χ3n) is 3.13. The molecule has 0 bridgehead atoms. The molecular formula is C15H18N2O3. The lowest BCUT2D eigenvalue weighted by atomic mass is 10.0. The largest absolute Gasteiger partial charge is 0.398 e. The van der Waals surface area contributed by atoms with E-state index in [0.29, 0.717) is 11.3 Å². The van der Waals surface area contributed by atoms with Crippen LogP contribution < -0.4 is 11.1 Å². The van der Waals surface area contributed by atoms with Crippen molar-refractivity contribution in [2.75, 3.05) is 18.9 Å². The SMILES string of the molecule is CC(O)(CO)CNC(=O)c1cc2ccccc2cc1N. The van der Waals surface area contributed by atoms with Crippen molar-refractivity contribution in [1.82, 2.24) is 5.32 Å². The number of carbonyl (C=O) groups is 1. The molecule has 1 unspecified atom stereocenters. The van der Waals surface area contributed by atoms with Crippen LogP contribution in [0.2, 0.25) is 0 Å². The Bertz CT molecular complexity index is 638. The van der Waals surface area contributed by atoms with E-state index in [4.69, 9.17) is 10.8 Å². The Kier molecular flexibility index (Phi) is 3.92. The minimum atomic E-state index is -1.35. The number of fused-ring (bicyclic) bond motifs is 1. The average Bonchev–Trinajstić information content (AvgIpc) is 2.44. The molecule has 0 heterocycles. The number of anilines is 1. The zero-order valence-corrected chi connectivity index (χ0v) is 11.3. The first-order chi connectivity index (χ1) is 9.43. The van der Waals surface area contributed by atoms with E-state index in [1.165, 1.54) is 6.92 Å². The molecule has 20 heavy (non-hydrogen) atoms. The number of hydrogen-bond acceptors (Lipinski definition) is 4. The number of benzene rings is 2. The fourth-order valence-electron chi connectivity index (χ4n) is 1.88. The molecule has 1 amide bonds. The average molecular weight is 274 g/mol. The summed E-state index contributed by atoms with van der Waals surface area (Å²) in [6.07, 6.45) is 0. The molecule has 0 fully saturated rings. The molecular weight excluding hydrogens is 256 g/mol. The van der Waals surface area contributed by atoms with Crippen molar-refractivity contribution in [3.05, 3.63) is 42.0 Å². The van der Waals surface area contributed by atoms with E-state index in [2.05, 4.69) is 5.32 Å². The third kappa shape index (κ3) is 3.07. The number of aliphatic hydroxyl groups is 2. The number of hydrogen-bond donors (Lipinski definition) is 4. The van der Waals surface area contributed by atoms with Gasteiger partial charge in [0.15, 0.2) is 0 Å². The van der Waals surface area contributed by atoms with Crippen LogP contribution in [0.25, 0.3) is 10.8 Å². The van der Waals surface area contributed by atoms with E-state index < -0.39 is 12.2 Å². The first-order valence-electron chi connectivity index (χ1n) is 6.33. The molecule has 0 radical (unpaired) electrons. The van der Waals surface area contributed by atoms with Gasteiger partial charge in [-0.05, 0) is 29.8 Å². The normalized spacial score (nSPS) is 13.9. The van der Waals surface area contributed by atoms with Gasteiger partial charge in [-0.25, -0.2) is 0 Å². The lowest BCUT2D eigenvalue weighted by Crippen LogP contribution is -2.43.